The van der Waals surface area contributed by atoms with Crippen LogP contribution in [0.4, 0.5) is 0 Å². The van der Waals surface area contributed by atoms with E-state index in [1.165, 1.54) is 19.3 Å². The maximum Gasteiger partial charge on any atom is 0.223 e. The Morgan fingerprint density at radius 2 is 2.06 bits per heavy atom. The van der Waals surface area contributed by atoms with Gasteiger partial charge >= 0.3 is 0 Å². The van der Waals surface area contributed by atoms with Crippen molar-refractivity contribution in [2.45, 2.75) is 56.2 Å². The van der Waals surface area contributed by atoms with E-state index in [2.05, 4.69) is 11.6 Å². The number of rotatable bonds is 4. The molecule has 0 aromatic heterocycles. The summed E-state index contributed by atoms with van der Waals surface area (Å²) in [5, 5.41) is 4.01. The third-order valence-electron chi connectivity index (χ3n) is 4.61. The van der Waals surface area contributed by atoms with E-state index in [9.17, 15) is 4.79 Å². The Morgan fingerprint density at radius 1 is 1.28 bits per heavy atom. The van der Waals surface area contributed by atoms with E-state index in [4.69, 9.17) is 5.73 Å². The molecule has 4 atom stereocenters. The van der Waals surface area contributed by atoms with Crippen LogP contribution in [0, 0.1) is 11.8 Å². The minimum atomic E-state index is 0.178. The van der Waals surface area contributed by atoms with Crippen molar-refractivity contribution >= 4 is 17.7 Å². The van der Waals surface area contributed by atoms with E-state index in [1.54, 1.807) is 0 Å². The van der Waals surface area contributed by atoms with E-state index in [-0.39, 0.29) is 11.8 Å². The number of nitrogens with one attached hydrogen (secondary N) is 1. The number of amides is 1. The molecule has 1 amide bonds. The van der Waals surface area contributed by atoms with Crippen molar-refractivity contribution in [2.24, 2.45) is 17.6 Å². The smallest absolute Gasteiger partial charge is 0.223 e. The van der Waals surface area contributed by atoms with Crippen molar-refractivity contribution in [2.75, 3.05) is 12.8 Å². The summed E-state index contributed by atoms with van der Waals surface area (Å²) in [5.41, 5.74) is 5.80. The molecule has 4 unspecified atom stereocenters. The van der Waals surface area contributed by atoms with Gasteiger partial charge in [-0.15, -0.1) is 0 Å². The molecular weight excluding hydrogens is 244 g/mol. The van der Waals surface area contributed by atoms with E-state index in [0.29, 0.717) is 18.5 Å². The van der Waals surface area contributed by atoms with Crippen molar-refractivity contribution in [3.63, 3.8) is 0 Å². The van der Waals surface area contributed by atoms with Gasteiger partial charge in [-0.3, -0.25) is 4.79 Å². The molecule has 0 bridgehead atoms. The summed E-state index contributed by atoms with van der Waals surface area (Å²) < 4.78 is 0. The lowest BCUT2D eigenvalue weighted by atomic mass is 9.78. The van der Waals surface area contributed by atoms with Crippen LogP contribution in [0.25, 0.3) is 0 Å². The number of carbonyl (C=O) groups is 1. The van der Waals surface area contributed by atoms with Crippen LogP contribution < -0.4 is 11.1 Å². The Hall–Kier alpha value is -0.220. The van der Waals surface area contributed by atoms with Gasteiger partial charge in [0.25, 0.3) is 0 Å². The molecule has 0 saturated heterocycles. The molecule has 2 fully saturated rings. The molecule has 0 aromatic rings. The quantitative estimate of drug-likeness (QED) is 0.823. The average Bonchev–Trinajstić information content (AvgIpc) is 2.86. The SMILES string of the molecule is CSC1CCC(NC(=O)C2CCCCC2CN)C1. The second-order valence-corrected chi connectivity index (χ2v) is 6.90. The highest BCUT2D eigenvalue weighted by Crippen LogP contribution is 2.31. The normalized spacial score (nSPS) is 36.6. The van der Waals surface area contributed by atoms with Gasteiger partial charge in [0.15, 0.2) is 0 Å². The summed E-state index contributed by atoms with van der Waals surface area (Å²) in [7, 11) is 0. The molecule has 4 heteroatoms. The molecule has 0 aromatic carbocycles. The molecule has 2 saturated carbocycles. The lowest BCUT2D eigenvalue weighted by Gasteiger charge is -2.30. The zero-order valence-corrected chi connectivity index (χ0v) is 12.2. The Kier molecular flexibility index (Phi) is 5.37. The van der Waals surface area contributed by atoms with Crippen LogP contribution >= 0.6 is 11.8 Å². The predicted octanol–water partition coefficient (Wildman–Crippen LogP) is 2.15. The first-order chi connectivity index (χ1) is 8.74. The molecule has 2 aliphatic carbocycles. The van der Waals surface area contributed by atoms with Crippen LogP contribution in [0.5, 0.6) is 0 Å². The van der Waals surface area contributed by atoms with Gasteiger partial charge in [0.2, 0.25) is 5.91 Å². The van der Waals surface area contributed by atoms with Crippen LogP contribution in [0.3, 0.4) is 0 Å². The van der Waals surface area contributed by atoms with Crippen molar-refractivity contribution in [3.8, 4) is 0 Å². The molecule has 3 nitrogen and oxygen atoms in total. The van der Waals surface area contributed by atoms with Crippen LogP contribution in [-0.2, 0) is 4.79 Å². The maximum atomic E-state index is 12.3. The van der Waals surface area contributed by atoms with Crippen LogP contribution in [0.15, 0.2) is 0 Å². The maximum absolute atomic E-state index is 12.3. The van der Waals surface area contributed by atoms with Gasteiger partial charge in [0.1, 0.15) is 0 Å². The molecule has 0 spiro atoms. The van der Waals surface area contributed by atoms with Crippen molar-refractivity contribution < 1.29 is 4.79 Å². The standard InChI is InChI=1S/C14H26N2OS/c1-18-12-7-6-11(8-12)16-14(17)13-5-3-2-4-10(13)9-15/h10-13H,2-9,15H2,1H3,(H,16,17). The van der Waals surface area contributed by atoms with E-state index in [0.717, 1.165) is 30.9 Å². The van der Waals surface area contributed by atoms with Gasteiger partial charge in [-0.05, 0) is 50.8 Å². The van der Waals surface area contributed by atoms with Gasteiger partial charge in [-0.1, -0.05) is 12.8 Å². The highest BCUT2D eigenvalue weighted by atomic mass is 32.2. The second-order valence-electron chi connectivity index (χ2n) is 5.76. The molecule has 0 heterocycles. The fraction of sp³-hybridized carbons (Fsp3) is 0.929. The van der Waals surface area contributed by atoms with Crippen LogP contribution in [-0.4, -0.2) is 30.0 Å². The fourth-order valence-electron chi connectivity index (χ4n) is 3.43. The summed E-state index contributed by atoms with van der Waals surface area (Å²) >= 11 is 1.93. The van der Waals surface area contributed by atoms with E-state index < -0.39 is 0 Å². The van der Waals surface area contributed by atoms with Gasteiger partial charge < -0.3 is 11.1 Å². The number of thioether (sulfide) groups is 1. The van der Waals surface area contributed by atoms with Crippen LogP contribution in [0.2, 0.25) is 0 Å². The Labute approximate surface area is 115 Å². The number of hydrogen-bond acceptors (Lipinski definition) is 3. The Balaban J connectivity index is 1.83. The van der Waals surface area contributed by atoms with Gasteiger partial charge in [0, 0.05) is 17.2 Å². The Bertz CT molecular complexity index is 285. The van der Waals surface area contributed by atoms with E-state index in [1.807, 2.05) is 11.8 Å². The van der Waals surface area contributed by atoms with Gasteiger partial charge in [-0.2, -0.15) is 11.8 Å². The summed E-state index contributed by atoms with van der Waals surface area (Å²) in [6, 6.07) is 0.412. The number of hydrogen-bond donors (Lipinski definition) is 2. The van der Waals surface area contributed by atoms with Gasteiger partial charge in [-0.25, -0.2) is 0 Å². The number of carbonyl (C=O) groups excluding carboxylic acids is 1. The molecule has 2 aliphatic rings. The second kappa shape index (κ2) is 6.80. The Morgan fingerprint density at radius 3 is 2.72 bits per heavy atom. The molecule has 104 valence electrons. The fourth-order valence-corrected chi connectivity index (χ4v) is 4.23. The predicted molar refractivity (Wildman–Crippen MR) is 77.6 cm³/mol. The molecular formula is C14H26N2OS. The summed E-state index contributed by atoms with van der Waals surface area (Å²) in [6.07, 6.45) is 10.3. The van der Waals surface area contributed by atoms with Crippen LogP contribution in [0.1, 0.15) is 44.9 Å². The third-order valence-corrected chi connectivity index (χ3v) is 5.71. The molecule has 2 rings (SSSR count). The highest BCUT2D eigenvalue weighted by Gasteiger charge is 2.32. The topological polar surface area (TPSA) is 55.1 Å². The third kappa shape index (κ3) is 3.41. The highest BCUT2D eigenvalue weighted by molar-refractivity contribution is 7.99. The zero-order valence-electron chi connectivity index (χ0n) is 11.4. The monoisotopic (exact) mass is 270 g/mol. The first-order valence-corrected chi connectivity index (χ1v) is 8.56. The lowest BCUT2D eigenvalue weighted by molar-refractivity contribution is -0.128. The first kappa shape index (κ1) is 14.2. The van der Waals surface area contributed by atoms with E-state index >= 15 is 0 Å². The molecule has 18 heavy (non-hydrogen) atoms. The molecule has 0 aliphatic heterocycles. The average molecular weight is 270 g/mol. The minimum absolute atomic E-state index is 0.178. The van der Waals surface area contributed by atoms with Gasteiger partial charge in [0.05, 0.1) is 0 Å². The van der Waals surface area contributed by atoms with Crippen molar-refractivity contribution in [1.82, 2.24) is 5.32 Å². The first-order valence-electron chi connectivity index (χ1n) is 7.27. The zero-order chi connectivity index (χ0) is 13.0. The summed E-state index contributed by atoms with van der Waals surface area (Å²) in [5.74, 6) is 0.866. The number of nitrogens with two attached hydrogens (primary N) is 1. The molecule has 3 N–H and O–H groups in total. The lowest BCUT2D eigenvalue weighted by Crippen LogP contribution is -2.43. The largest absolute Gasteiger partial charge is 0.353 e. The minimum Gasteiger partial charge on any atom is -0.353 e. The summed E-state index contributed by atoms with van der Waals surface area (Å²) in [6.45, 7) is 0.663. The molecule has 0 radical (unpaired) electrons. The van der Waals surface area contributed by atoms with Crippen molar-refractivity contribution in [1.29, 1.82) is 0 Å². The summed E-state index contributed by atoms with van der Waals surface area (Å²) in [4.78, 5) is 12.3. The van der Waals surface area contributed by atoms with Crippen molar-refractivity contribution in [3.05, 3.63) is 0 Å².